The smallest absolute Gasteiger partial charge is 0.338 e. The van der Waals surface area contributed by atoms with Gasteiger partial charge < -0.3 is 16.0 Å². The first-order valence-electron chi connectivity index (χ1n) is 9.98. The van der Waals surface area contributed by atoms with Crippen LogP contribution >= 0.6 is 11.3 Å². The minimum atomic E-state index is -4.92. The van der Waals surface area contributed by atoms with Crippen LogP contribution in [0.3, 0.4) is 0 Å². The molecular weight excluding hydrogens is 481 g/mol. The van der Waals surface area contributed by atoms with E-state index in [1.165, 1.54) is 24.3 Å². The van der Waals surface area contributed by atoms with E-state index in [2.05, 4.69) is 15.6 Å². The lowest BCUT2D eigenvalue weighted by Gasteiger charge is -2.27. The van der Waals surface area contributed by atoms with Gasteiger partial charge in [0.2, 0.25) is 5.91 Å². The van der Waals surface area contributed by atoms with Gasteiger partial charge in [0.25, 0.3) is 0 Å². The molecule has 34 heavy (non-hydrogen) atoms. The maximum absolute atomic E-state index is 13.8. The molecule has 3 amide bonds. The lowest BCUT2D eigenvalue weighted by Crippen LogP contribution is -2.44. The van der Waals surface area contributed by atoms with Crippen LogP contribution in [0.5, 0.6) is 0 Å². The first-order chi connectivity index (χ1) is 16.1. The minimum absolute atomic E-state index is 0.101. The van der Waals surface area contributed by atoms with E-state index in [1.54, 1.807) is 0 Å². The molecule has 1 atom stereocenters. The Kier molecular flexibility index (Phi) is 7.99. The number of thiazole rings is 1. The number of hydrogen-bond donors (Lipinski definition) is 3. The van der Waals surface area contributed by atoms with Gasteiger partial charge in [0, 0.05) is 25.3 Å². The molecule has 2 aromatic carbocycles. The van der Waals surface area contributed by atoms with E-state index in [0.29, 0.717) is 15.9 Å². The zero-order valence-corrected chi connectivity index (χ0v) is 18.4. The van der Waals surface area contributed by atoms with Crippen LogP contribution < -0.4 is 16.4 Å². The van der Waals surface area contributed by atoms with Crippen LogP contribution in [0.2, 0.25) is 0 Å². The van der Waals surface area contributed by atoms with Gasteiger partial charge in [-0.2, -0.15) is 13.2 Å². The first-order valence-corrected chi connectivity index (χ1v) is 10.8. The summed E-state index contributed by atoms with van der Waals surface area (Å²) in [6.07, 6.45) is -4.92. The molecule has 0 spiro atoms. The van der Waals surface area contributed by atoms with E-state index < -0.39 is 43.1 Å². The van der Waals surface area contributed by atoms with Gasteiger partial charge in [0.15, 0.2) is 11.0 Å². The Bertz CT molecular complexity index is 1150. The van der Waals surface area contributed by atoms with Crippen LogP contribution in [-0.2, 0) is 4.79 Å². The number of alkyl halides is 4. The van der Waals surface area contributed by atoms with Gasteiger partial charge in [-0.3, -0.25) is 10.1 Å². The molecule has 0 aliphatic heterocycles. The summed E-state index contributed by atoms with van der Waals surface area (Å²) in [7, 11) is 0. The van der Waals surface area contributed by atoms with Crippen molar-refractivity contribution >= 4 is 44.3 Å². The molecule has 0 bridgehead atoms. The predicted molar refractivity (Wildman–Crippen MR) is 119 cm³/mol. The number of urea groups is 1. The summed E-state index contributed by atoms with van der Waals surface area (Å²) in [5.41, 5.74) is 5.65. The highest BCUT2D eigenvalue weighted by atomic mass is 32.1. The number of nitrogens with two attached hydrogens (primary N) is 1. The SMILES string of the molecule is NCCN(CCF)C(=O)[C@@H](c1ccc2nc(NC(=O)Nc3ccc(F)cc3)sc2c1)C(F)(F)F. The van der Waals surface area contributed by atoms with E-state index in [1.807, 2.05) is 0 Å². The van der Waals surface area contributed by atoms with Gasteiger partial charge in [-0.1, -0.05) is 17.4 Å². The Morgan fingerprint density at radius 1 is 1.09 bits per heavy atom. The Morgan fingerprint density at radius 3 is 2.41 bits per heavy atom. The Balaban J connectivity index is 1.83. The first kappa shape index (κ1) is 25.3. The highest BCUT2D eigenvalue weighted by Crippen LogP contribution is 2.38. The number of carbonyl (C=O) groups is 2. The fourth-order valence-electron chi connectivity index (χ4n) is 3.21. The molecule has 0 saturated carbocycles. The molecule has 0 aliphatic carbocycles. The number of benzene rings is 2. The maximum atomic E-state index is 13.8. The lowest BCUT2D eigenvalue weighted by molar-refractivity contribution is -0.172. The number of anilines is 2. The molecule has 0 fully saturated rings. The zero-order valence-electron chi connectivity index (χ0n) is 17.5. The topological polar surface area (TPSA) is 100 Å². The van der Waals surface area contributed by atoms with Crippen LogP contribution in [0.4, 0.5) is 37.6 Å². The molecule has 0 unspecified atom stereocenters. The number of aromatic nitrogens is 1. The highest BCUT2D eigenvalue weighted by molar-refractivity contribution is 7.22. The number of amides is 3. The Labute approximate surface area is 194 Å². The lowest BCUT2D eigenvalue weighted by atomic mass is 9.96. The number of rotatable bonds is 8. The van der Waals surface area contributed by atoms with Crippen LogP contribution in [0, 0.1) is 5.82 Å². The molecule has 0 aliphatic rings. The number of nitrogens with one attached hydrogen (secondary N) is 2. The molecule has 3 rings (SSSR count). The predicted octanol–water partition coefficient (Wildman–Crippen LogP) is 4.48. The highest BCUT2D eigenvalue weighted by Gasteiger charge is 2.47. The fraction of sp³-hybridized carbons (Fsp3) is 0.286. The molecule has 0 saturated heterocycles. The van der Waals surface area contributed by atoms with Gasteiger partial charge in [-0.15, -0.1) is 0 Å². The van der Waals surface area contributed by atoms with Crippen molar-refractivity contribution in [3.05, 3.63) is 53.8 Å². The summed E-state index contributed by atoms with van der Waals surface area (Å²) in [5.74, 6) is -4.27. The molecule has 1 aromatic heterocycles. The molecule has 13 heteroatoms. The molecule has 4 N–H and O–H groups in total. The molecule has 0 radical (unpaired) electrons. The van der Waals surface area contributed by atoms with Crippen molar-refractivity contribution in [2.75, 3.05) is 36.9 Å². The average molecular weight is 501 g/mol. The van der Waals surface area contributed by atoms with Crippen LogP contribution in [0.25, 0.3) is 10.2 Å². The van der Waals surface area contributed by atoms with E-state index in [9.17, 15) is 31.5 Å². The monoisotopic (exact) mass is 501 g/mol. The molecule has 1 heterocycles. The standard InChI is InChI=1S/C21H20F5N5O2S/c22-7-9-31(10-8-27)18(32)17(21(24,25)26)12-1-6-15-16(11-12)34-20(29-15)30-19(33)28-14-4-2-13(23)3-5-14/h1-6,11,17H,7-10,27H2,(H2,28,29,30,33)/t17-/m1/s1. The molecular formula is C21H20F5N5O2S. The van der Waals surface area contributed by atoms with Crippen molar-refractivity contribution in [1.82, 2.24) is 9.88 Å². The molecule has 7 nitrogen and oxygen atoms in total. The van der Waals surface area contributed by atoms with Gasteiger partial charge >= 0.3 is 12.2 Å². The summed E-state index contributed by atoms with van der Waals surface area (Å²) in [5, 5.41) is 5.03. The number of hydrogen-bond acceptors (Lipinski definition) is 5. The number of carbonyl (C=O) groups excluding carboxylic acids is 2. The second kappa shape index (κ2) is 10.7. The van der Waals surface area contributed by atoms with Crippen LogP contribution in [0.1, 0.15) is 11.5 Å². The normalized spacial score (nSPS) is 12.4. The van der Waals surface area contributed by atoms with Crippen molar-refractivity contribution < 1.29 is 31.5 Å². The minimum Gasteiger partial charge on any atom is -0.338 e. The zero-order chi connectivity index (χ0) is 24.9. The van der Waals surface area contributed by atoms with E-state index >= 15 is 0 Å². The number of nitrogens with zero attached hydrogens (tertiary/aromatic N) is 2. The maximum Gasteiger partial charge on any atom is 0.404 e. The quantitative estimate of drug-likeness (QED) is 0.396. The van der Waals surface area contributed by atoms with E-state index in [-0.39, 0.29) is 23.8 Å². The summed E-state index contributed by atoms with van der Waals surface area (Å²) in [6, 6.07) is 7.94. The van der Waals surface area contributed by atoms with Gasteiger partial charge in [-0.05, 0) is 42.0 Å². The van der Waals surface area contributed by atoms with Gasteiger partial charge in [0.1, 0.15) is 12.5 Å². The molecule has 182 valence electrons. The molecule has 3 aromatic rings. The van der Waals surface area contributed by atoms with Crippen molar-refractivity contribution in [3.63, 3.8) is 0 Å². The largest absolute Gasteiger partial charge is 0.404 e. The van der Waals surface area contributed by atoms with Crippen molar-refractivity contribution in [3.8, 4) is 0 Å². The van der Waals surface area contributed by atoms with Gasteiger partial charge in [0.05, 0.1) is 10.2 Å². The van der Waals surface area contributed by atoms with Crippen molar-refractivity contribution in [1.29, 1.82) is 0 Å². The Morgan fingerprint density at radius 2 is 1.79 bits per heavy atom. The van der Waals surface area contributed by atoms with Crippen molar-refractivity contribution in [2.45, 2.75) is 12.1 Å². The van der Waals surface area contributed by atoms with E-state index in [4.69, 9.17) is 5.73 Å². The third-order valence-corrected chi connectivity index (χ3v) is 5.64. The van der Waals surface area contributed by atoms with E-state index in [0.717, 1.165) is 34.4 Å². The van der Waals surface area contributed by atoms with Gasteiger partial charge in [-0.25, -0.2) is 18.6 Å². The number of halogens is 5. The summed E-state index contributed by atoms with van der Waals surface area (Å²) in [6.45, 7) is -1.82. The average Bonchev–Trinajstić information content (AvgIpc) is 3.15. The van der Waals surface area contributed by atoms with Crippen molar-refractivity contribution in [2.24, 2.45) is 5.73 Å². The second-order valence-electron chi connectivity index (χ2n) is 7.11. The third-order valence-electron chi connectivity index (χ3n) is 4.71. The van der Waals surface area contributed by atoms with Crippen LogP contribution in [0.15, 0.2) is 42.5 Å². The number of fused-ring (bicyclic) bond motifs is 1. The van der Waals surface area contributed by atoms with Crippen LogP contribution in [-0.4, -0.2) is 54.3 Å². The summed E-state index contributed by atoms with van der Waals surface area (Å²) >= 11 is 0.906. The second-order valence-corrected chi connectivity index (χ2v) is 8.14. The Hall–Kier alpha value is -3.32. The summed E-state index contributed by atoms with van der Waals surface area (Å²) < 4.78 is 67.5. The summed E-state index contributed by atoms with van der Waals surface area (Å²) in [4.78, 5) is 29.7. The fourth-order valence-corrected chi connectivity index (χ4v) is 4.12. The third kappa shape index (κ3) is 6.17.